The summed E-state index contributed by atoms with van der Waals surface area (Å²) in [5, 5.41) is 11.4. The van der Waals surface area contributed by atoms with Crippen molar-refractivity contribution in [1.82, 2.24) is 21.1 Å². The summed E-state index contributed by atoms with van der Waals surface area (Å²) >= 11 is 0. The minimum absolute atomic E-state index is 0.0118. The second-order valence-electron chi connectivity index (χ2n) is 9.32. The number of nitrogens with one attached hydrogen (secondary N) is 3. The van der Waals surface area contributed by atoms with Gasteiger partial charge in [0, 0.05) is 20.3 Å². The first-order valence-electron chi connectivity index (χ1n) is 12.2. The monoisotopic (exact) mass is 546 g/mol. The number of benzene rings is 1. The largest absolute Gasteiger partial charge is 0.497 e. The maximum absolute atomic E-state index is 13.3. The second kappa shape index (κ2) is 13.3. The van der Waals surface area contributed by atoms with Crippen molar-refractivity contribution in [3.05, 3.63) is 47.3 Å². The Morgan fingerprint density at radius 2 is 1.59 bits per heavy atom. The van der Waals surface area contributed by atoms with E-state index in [9.17, 15) is 19.2 Å². The lowest BCUT2D eigenvalue weighted by atomic mass is 9.94. The predicted molar refractivity (Wildman–Crippen MR) is 136 cm³/mol. The van der Waals surface area contributed by atoms with E-state index in [1.807, 2.05) is 6.07 Å². The molecular formula is C26H34N4O9. The highest BCUT2D eigenvalue weighted by Gasteiger charge is 2.50. The van der Waals surface area contributed by atoms with E-state index >= 15 is 0 Å². The van der Waals surface area contributed by atoms with Crippen LogP contribution in [0.1, 0.15) is 28.7 Å². The van der Waals surface area contributed by atoms with Gasteiger partial charge in [-0.15, -0.1) is 0 Å². The van der Waals surface area contributed by atoms with Crippen molar-refractivity contribution < 1.29 is 42.6 Å². The van der Waals surface area contributed by atoms with Gasteiger partial charge in [-0.25, -0.2) is 0 Å². The molecule has 1 aliphatic heterocycles. The number of hydrogen-bond donors (Lipinski definition) is 3. The number of methoxy groups -OCH3 is 3. The number of carbonyl (C=O) groups excluding carboxylic acids is 4. The van der Waals surface area contributed by atoms with Gasteiger partial charge in [0.1, 0.15) is 29.2 Å². The summed E-state index contributed by atoms with van der Waals surface area (Å²) in [5.74, 6) is -1.27. The smallest absolute Gasteiger partial charge is 0.274 e. The first-order valence-corrected chi connectivity index (χ1v) is 12.2. The maximum Gasteiger partial charge on any atom is 0.274 e. The third-order valence-corrected chi connectivity index (χ3v) is 6.09. The molecule has 13 heteroatoms. The molecule has 3 rings (SSSR count). The normalized spacial score (nSPS) is 18.4. The zero-order valence-electron chi connectivity index (χ0n) is 22.6. The number of rotatable bonds is 15. The lowest BCUT2D eigenvalue weighted by molar-refractivity contribution is -0.134. The Bertz CT molecular complexity index is 1180. The van der Waals surface area contributed by atoms with Gasteiger partial charge >= 0.3 is 0 Å². The van der Waals surface area contributed by atoms with Crippen molar-refractivity contribution >= 4 is 23.5 Å². The van der Waals surface area contributed by atoms with Crippen LogP contribution in [0.3, 0.4) is 0 Å². The van der Waals surface area contributed by atoms with Crippen LogP contribution in [0.15, 0.2) is 34.9 Å². The van der Waals surface area contributed by atoms with Gasteiger partial charge in [-0.1, -0.05) is 17.3 Å². The van der Waals surface area contributed by atoms with Crippen LogP contribution in [-0.4, -0.2) is 93.5 Å². The van der Waals surface area contributed by atoms with E-state index in [0.29, 0.717) is 11.5 Å². The van der Waals surface area contributed by atoms with E-state index in [-0.39, 0.29) is 37.7 Å². The van der Waals surface area contributed by atoms with Crippen LogP contribution in [0, 0.1) is 6.92 Å². The fourth-order valence-corrected chi connectivity index (χ4v) is 3.81. The van der Waals surface area contributed by atoms with E-state index in [4.69, 9.17) is 23.5 Å². The van der Waals surface area contributed by atoms with Crippen molar-refractivity contribution in [3.8, 4) is 5.75 Å². The standard InChI is InChI=1S/C26H34N4O9/c1-15-9-19(30-39-15)23(32)28-21(13-36-4)25(34)29-20(12-35-3)24(33)27-18(22(31)26(2)14-38-26)11-16-7-6-8-17(10-16)37-5/h6-10,18,20-21H,11-14H2,1-5H3,(H,27,33)(H,28,32)(H,29,34)/t18?,20-,21-,26+/m0/s1. The molecule has 0 radical (unpaired) electrons. The van der Waals surface area contributed by atoms with Gasteiger partial charge in [-0.2, -0.15) is 0 Å². The number of epoxide rings is 1. The molecule has 212 valence electrons. The number of amides is 3. The molecule has 3 amide bonds. The van der Waals surface area contributed by atoms with Crippen molar-refractivity contribution in [2.45, 2.75) is 44.0 Å². The minimum atomic E-state index is -1.18. The average molecular weight is 547 g/mol. The van der Waals surface area contributed by atoms with E-state index < -0.39 is 41.4 Å². The van der Waals surface area contributed by atoms with E-state index in [1.165, 1.54) is 27.4 Å². The summed E-state index contributed by atoms with van der Waals surface area (Å²) in [6.45, 7) is 3.16. The summed E-state index contributed by atoms with van der Waals surface area (Å²) in [6, 6.07) is 5.28. The van der Waals surface area contributed by atoms with Crippen molar-refractivity contribution in [3.63, 3.8) is 0 Å². The highest BCUT2D eigenvalue weighted by Crippen LogP contribution is 2.29. The molecule has 1 aliphatic rings. The molecule has 3 N–H and O–H groups in total. The molecule has 1 aromatic carbocycles. The molecule has 2 aromatic rings. The van der Waals surface area contributed by atoms with Crippen LogP contribution in [0.2, 0.25) is 0 Å². The van der Waals surface area contributed by atoms with Gasteiger partial charge < -0.3 is 39.4 Å². The van der Waals surface area contributed by atoms with Gasteiger partial charge in [0.2, 0.25) is 11.8 Å². The second-order valence-corrected chi connectivity index (χ2v) is 9.32. The van der Waals surface area contributed by atoms with Gasteiger partial charge in [0.25, 0.3) is 5.91 Å². The Morgan fingerprint density at radius 1 is 0.974 bits per heavy atom. The molecule has 0 bridgehead atoms. The number of ketones is 1. The summed E-state index contributed by atoms with van der Waals surface area (Å²) in [7, 11) is 4.26. The van der Waals surface area contributed by atoms with Gasteiger partial charge in [-0.05, 0) is 38.0 Å². The van der Waals surface area contributed by atoms with Crippen LogP contribution in [0.25, 0.3) is 0 Å². The zero-order valence-corrected chi connectivity index (χ0v) is 22.6. The third kappa shape index (κ3) is 8.09. The topological polar surface area (TPSA) is 171 Å². The first kappa shape index (κ1) is 29.7. The molecule has 0 spiro atoms. The maximum atomic E-state index is 13.3. The predicted octanol–water partition coefficient (Wildman–Crippen LogP) is -0.0469. The molecule has 1 unspecified atom stereocenters. The van der Waals surface area contributed by atoms with Crippen LogP contribution >= 0.6 is 0 Å². The summed E-state index contributed by atoms with van der Waals surface area (Å²) in [5.41, 5.74) is -0.248. The molecule has 2 heterocycles. The number of nitrogens with zero attached hydrogens (tertiary/aromatic N) is 1. The van der Waals surface area contributed by atoms with Gasteiger partial charge in [0.15, 0.2) is 11.5 Å². The number of aromatic nitrogens is 1. The highest BCUT2D eigenvalue weighted by atomic mass is 16.6. The quantitative estimate of drug-likeness (QED) is 0.257. The molecule has 39 heavy (non-hydrogen) atoms. The molecular weight excluding hydrogens is 512 g/mol. The Kier molecular flexibility index (Phi) is 10.2. The molecule has 1 fully saturated rings. The van der Waals surface area contributed by atoms with Gasteiger partial charge in [-0.3, -0.25) is 19.2 Å². The number of aryl methyl sites for hydroxylation is 1. The number of carbonyl (C=O) groups is 4. The molecule has 1 saturated heterocycles. The zero-order chi connectivity index (χ0) is 28.6. The summed E-state index contributed by atoms with van der Waals surface area (Å²) in [4.78, 5) is 52.1. The number of hydrogen-bond acceptors (Lipinski definition) is 10. The third-order valence-electron chi connectivity index (χ3n) is 6.09. The fourth-order valence-electron chi connectivity index (χ4n) is 3.81. The van der Waals surface area contributed by atoms with E-state index in [2.05, 4.69) is 21.1 Å². The van der Waals surface area contributed by atoms with Crippen LogP contribution in [0.5, 0.6) is 5.75 Å². The summed E-state index contributed by atoms with van der Waals surface area (Å²) < 4.78 is 25.7. The van der Waals surface area contributed by atoms with Crippen molar-refractivity contribution in [1.29, 1.82) is 0 Å². The number of Topliss-reactive ketones (excluding diaryl/α,β-unsaturated/α-hetero) is 1. The Morgan fingerprint density at radius 3 is 2.13 bits per heavy atom. The Hall–Kier alpha value is -3.81. The molecule has 0 saturated carbocycles. The molecule has 4 atom stereocenters. The van der Waals surface area contributed by atoms with Gasteiger partial charge in [0.05, 0.1) is 33.0 Å². The minimum Gasteiger partial charge on any atom is -0.497 e. The number of ether oxygens (including phenoxy) is 4. The Labute approximate surface area is 225 Å². The fraction of sp³-hybridized carbons (Fsp3) is 0.500. The summed E-state index contributed by atoms with van der Waals surface area (Å²) in [6.07, 6.45) is 0.174. The SMILES string of the molecule is COC[C@H](NC(=O)c1cc(C)on1)C(=O)N[C@@H](COC)C(=O)NC(Cc1cccc(OC)c1)C(=O)[C@@]1(C)CO1. The van der Waals surface area contributed by atoms with Crippen molar-refractivity contribution in [2.75, 3.05) is 41.2 Å². The average Bonchev–Trinajstić information content (AvgIpc) is 3.52. The Balaban J connectivity index is 1.73. The van der Waals surface area contributed by atoms with E-state index in [1.54, 1.807) is 32.0 Å². The lowest BCUT2D eigenvalue weighted by Gasteiger charge is -2.25. The molecule has 1 aromatic heterocycles. The molecule has 0 aliphatic carbocycles. The highest BCUT2D eigenvalue weighted by molar-refractivity contribution is 5.99. The molecule has 13 nitrogen and oxygen atoms in total. The van der Waals surface area contributed by atoms with Crippen molar-refractivity contribution in [2.24, 2.45) is 0 Å². The van der Waals surface area contributed by atoms with Crippen LogP contribution in [-0.2, 0) is 35.0 Å². The van der Waals surface area contributed by atoms with Crippen LogP contribution in [0.4, 0.5) is 0 Å². The first-order chi connectivity index (χ1) is 18.6. The lowest BCUT2D eigenvalue weighted by Crippen LogP contribution is -2.59. The van der Waals surface area contributed by atoms with Crippen LogP contribution < -0.4 is 20.7 Å². The van der Waals surface area contributed by atoms with E-state index in [0.717, 1.165) is 5.56 Å².